The second kappa shape index (κ2) is 5.69. The minimum absolute atomic E-state index is 0.190. The summed E-state index contributed by atoms with van der Waals surface area (Å²) in [5.41, 5.74) is 1.70. The van der Waals surface area contributed by atoms with Crippen LogP contribution in [0.5, 0.6) is 0 Å². The van der Waals surface area contributed by atoms with Gasteiger partial charge in [0.25, 0.3) is 0 Å². The number of rotatable bonds is 4. The number of nitrogens with one attached hydrogen (secondary N) is 1. The molecule has 0 aliphatic heterocycles. The quantitative estimate of drug-likeness (QED) is 0.840. The normalized spacial score (nSPS) is 21.7. The van der Waals surface area contributed by atoms with Crippen molar-refractivity contribution in [3.63, 3.8) is 0 Å². The molecule has 1 aromatic heterocycles. The molecule has 0 saturated carbocycles. The van der Waals surface area contributed by atoms with Gasteiger partial charge in [0.15, 0.2) is 0 Å². The molecule has 0 amide bonds. The maximum absolute atomic E-state index is 13.7. The van der Waals surface area contributed by atoms with Crippen molar-refractivity contribution >= 4 is 10.9 Å². The van der Waals surface area contributed by atoms with E-state index in [1.165, 1.54) is 6.07 Å². The van der Waals surface area contributed by atoms with E-state index in [0.29, 0.717) is 17.4 Å². The first-order valence-electron chi connectivity index (χ1n) is 6.82. The Morgan fingerprint density at radius 1 is 1.30 bits per heavy atom. The van der Waals surface area contributed by atoms with Crippen LogP contribution in [0.2, 0.25) is 0 Å². The fourth-order valence-electron chi connectivity index (χ4n) is 2.64. The molecule has 1 heterocycles. The number of hydrogen-bond acceptors (Lipinski definition) is 3. The molecule has 0 radical (unpaired) electrons. The molecule has 104 valence electrons. The molecule has 2 atom stereocenters. The molecule has 3 nitrogen and oxygen atoms in total. The van der Waals surface area contributed by atoms with E-state index in [1.807, 2.05) is 6.08 Å². The molecule has 2 N–H and O–H groups in total. The number of benzene rings is 1. The summed E-state index contributed by atoms with van der Waals surface area (Å²) >= 11 is 0. The van der Waals surface area contributed by atoms with Crippen molar-refractivity contribution in [3.05, 3.63) is 54.0 Å². The van der Waals surface area contributed by atoms with Crippen molar-refractivity contribution in [3.8, 4) is 0 Å². The van der Waals surface area contributed by atoms with Crippen LogP contribution in [-0.2, 0) is 6.54 Å². The van der Waals surface area contributed by atoms with E-state index in [4.69, 9.17) is 5.11 Å². The molecule has 0 unspecified atom stereocenters. The molecular weight excluding hydrogens is 255 g/mol. The maximum Gasteiger partial charge on any atom is 0.132 e. The van der Waals surface area contributed by atoms with Crippen LogP contribution in [0, 0.1) is 11.7 Å². The molecule has 2 aromatic rings. The van der Waals surface area contributed by atoms with E-state index in [-0.39, 0.29) is 24.4 Å². The minimum Gasteiger partial charge on any atom is -0.396 e. The van der Waals surface area contributed by atoms with Gasteiger partial charge in [0.2, 0.25) is 0 Å². The van der Waals surface area contributed by atoms with Crippen LogP contribution in [0.25, 0.3) is 10.9 Å². The van der Waals surface area contributed by atoms with Crippen molar-refractivity contribution in [1.82, 2.24) is 10.3 Å². The highest BCUT2D eigenvalue weighted by Gasteiger charge is 2.17. The first-order valence-corrected chi connectivity index (χ1v) is 6.82. The summed E-state index contributed by atoms with van der Waals surface area (Å²) < 4.78 is 13.7. The van der Waals surface area contributed by atoms with Crippen LogP contribution in [0.15, 0.2) is 42.6 Å². The fourth-order valence-corrected chi connectivity index (χ4v) is 2.64. The second-order valence-corrected chi connectivity index (χ2v) is 5.16. The number of hydrogen-bond donors (Lipinski definition) is 2. The molecule has 0 spiro atoms. The molecule has 0 bridgehead atoms. The zero-order valence-electron chi connectivity index (χ0n) is 11.1. The van der Waals surface area contributed by atoms with Crippen LogP contribution in [0.3, 0.4) is 0 Å². The van der Waals surface area contributed by atoms with Crippen LogP contribution in [0.4, 0.5) is 4.39 Å². The molecule has 1 aliphatic rings. The largest absolute Gasteiger partial charge is 0.396 e. The molecule has 20 heavy (non-hydrogen) atoms. The summed E-state index contributed by atoms with van der Waals surface area (Å²) in [7, 11) is 0. The molecule has 0 fully saturated rings. The Bertz CT molecular complexity index is 641. The van der Waals surface area contributed by atoms with Gasteiger partial charge in [0.05, 0.1) is 5.52 Å². The van der Waals surface area contributed by atoms with Gasteiger partial charge < -0.3 is 10.4 Å². The van der Waals surface area contributed by atoms with E-state index < -0.39 is 0 Å². The van der Waals surface area contributed by atoms with Gasteiger partial charge in [-0.05, 0) is 30.2 Å². The van der Waals surface area contributed by atoms with E-state index in [1.54, 1.807) is 24.4 Å². The fraction of sp³-hybridized carbons (Fsp3) is 0.312. The van der Waals surface area contributed by atoms with E-state index in [2.05, 4.69) is 16.4 Å². The number of halogens is 1. The average molecular weight is 272 g/mol. The Morgan fingerprint density at radius 2 is 2.20 bits per heavy atom. The third-order valence-electron chi connectivity index (χ3n) is 3.76. The highest BCUT2D eigenvalue weighted by Crippen LogP contribution is 2.21. The molecule has 4 heteroatoms. The monoisotopic (exact) mass is 272 g/mol. The average Bonchev–Trinajstić information content (AvgIpc) is 2.95. The van der Waals surface area contributed by atoms with Gasteiger partial charge in [0.1, 0.15) is 5.82 Å². The number of aromatic nitrogens is 1. The highest BCUT2D eigenvalue weighted by atomic mass is 19.1. The summed E-state index contributed by atoms with van der Waals surface area (Å²) in [6.45, 7) is 0.830. The van der Waals surface area contributed by atoms with Gasteiger partial charge in [-0.3, -0.25) is 4.98 Å². The standard InChI is InChI=1S/C16H17FN2O/c17-15-6-4-12(16-14(15)2-1-7-18-16)9-19-13-5-3-11(8-13)10-20/h1-7,11,13,19-20H,8-10H2/t11-,13+/m0/s1. The summed E-state index contributed by atoms with van der Waals surface area (Å²) in [6, 6.07) is 7.02. The number of fused-ring (bicyclic) bond motifs is 1. The Hall–Kier alpha value is -1.78. The molecule has 1 aliphatic carbocycles. The number of nitrogens with zero attached hydrogens (tertiary/aromatic N) is 1. The lowest BCUT2D eigenvalue weighted by Gasteiger charge is -2.13. The Labute approximate surface area is 117 Å². The molecular formula is C16H17FN2O. The second-order valence-electron chi connectivity index (χ2n) is 5.16. The van der Waals surface area contributed by atoms with Crippen molar-refractivity contribution in [2.75, 3.05) is 6.61 Å². The molecule has 0 saturated heterocycles. The Balaban J connectivity index is 1.75. The Kier molecular flexibility index (Phi) is 3.76. The van der Waals surface area contributed by atoms with Crippen LogP contribution < -0.4 is 5.32 Å². The lowest BCUT2D eigenvalue weighted by molar-refractivity contribution is 0.246. The maximum atomic E-state index is 13.7. The summed E-state index contributed by atoms with van der Waals surface area (Å²) in [5, 5.41) is 13.1. The summed E-state index contributed by atoms with van der Waals surface area (Å²) in [4.78, 5) is 4.28. The third-order valence-corrected chi connectivity index (χ3v) is 3.76. The topological polar surface area (TPSA) is 45.1 Å². The SMILES string of the molecule is OC[C@H]1C=C[C@@H](NCc2ccc(F)c3cccnc23)C1. The van der Waals surface area contributed by atoms with Crippen molar-refractivity contribution < 1.29 is 9.50 Å². The molecule has 1 aromatic carbocycles. The van der Waals surface area contributed by atoms with Gasteiger partial charge >= 0.3 is 0 Å². The third kappa shape index (κ3) is 2.57. The van der Waals surface area contributed by atoms with Crippen LogP contribution in [0.1, 0.15) is 12.0 Å². The van der Waals surface area contributed by atoms with E-state index in [0.717, 1.165) is 12.0 Å². The number of aliphatic hydroxyl groups is 1. The van der Waals surface area contributed by atoms with Gasteiger partial charge in [-0.1, -0.05) is 18.2 Å². The Morgan fingerprint density at radius 3 is 3.00 bits per heavy atom. The first-order chi connectivity index (χ1) is 9.78. The van der Waals surface area contributed by atoms with Crippen molar-refractivity contribution in [2.45, 2.75) is 19.0 Å². The zero-order valence-corrected chi connectivity index (χ0v) is 11.1. The number of aliphatic hydroxyl groups excluding tert-OH is 1. The summed E-state index contributed by atoms with van der Waals surface area (Å²) in [5.74, 6) is 0.00791. The van der Waals surface area contributed by atoms with Crippen molar-refractivity contribution in [1.29, 1.82) is 0 Å². The lowest BCUT2D eigenvalue weighted by atomic mass is 10.1. The van der Waals surface area contributed by atoms with Gasteiger partial charge in [-0.25, -0.2) is 4.39 Å². The minimum atomic E-state index is -0.238. The zero-order chi connectivity index (χ0) is 13.9. The van der Waals surface area contributed by atoms with Gasteiger partial charge in [0, 0.05) is 36.7 Å². The first kappa shape index (κ1) is 13.2. The van der Waals surface area contributed by atoms with E-state index in [9.17, 15) is 4.39 Å². The van der Waals surface area contributed by atoms with Gasteiger partial charge in [-0.15, -0.1) is 0 Å². The predicted molar refractivity (Wildman–Crippen MR) is 76.7 cm³/mol. The predicted octanol–water partition coefficient (Wildman–Crippen LogP) is 2.40. The van der Waals surface area contributed by atoms with E-state index >= 15 is 0 Å². The highest BCUT2D eigenvalue weighted by molar-refractivity contribution is 5.82. The lowest BCUT2D eigenvalue weighted by Crippen LogP contribution is -2.26. The van der Waals surface area contributed by atoms with Crippen LogP contribution >= 0.6 is 0 Å². The smallest absolute Gasteiger partial charge is 0.132 e. The van der Waals surface area contributed by atoms with Gasteiger partial charge in [-0.2, -0.15) is 0 Å². The summed E-state index contributed by atoms with van der Waals surface area (Å²) in [6.07, 6.45) is 6.71. The molecule has 3 rings (SSSR count). The van der Waals surface area contributed by atoms with Crippen LogP contribution in [-0.4, -0.2) is 22.7 Å². The van der Waals surface area contributed by atoms with Crippen molar-refractivity contribution in [2.24, 2.45) is 5.92 Å². The number of pyridine rings is 1.